The summed E-state index contributed by atoms with van der Waals surface area (Å²) in [5, 5.41) is 10.1. The lowest BCUT2D eigenvalue weighted by Gasteiger charge is -2.14. The molecule has 0 amide bonds. The normalized spacial score (nSPS) is 12.9. The maximum absolute atomic E-state index is 4.79. The number of imidazole rings is 1. The molecule has 1 atom stereocenters. The molecule has 110 valence electrons. The summed E-state index contributed by atoms with van der Waals surface area (Å²) < 4.78 is 2.30. The number of aromatic nitrogens is 5. The van der Waals surface area contributed by atoms with E-state index in [0.29, 0.717) is 0 Å². The summed E-state index contributed by atoms with van der Waals surface area (Å²) in [5.74, 6) is 1.92. The number of para-hydroxylation sites is 2. The molecule has 6 nitrogen and oxygen atoms in total. The van der Waals surface area contributed by atoms with Crippen LogP contribution in [0.2, 0.25) is 0 Å². The van der Waals surface area contributed by atoms with Gasteiger partial charge in [0.1, 0.15) is 18.0 Å². The monoisotopic (exact) mass is 284 g/mol. The van der Waals surface area contributed by atoms with Crippen molar-refractivity contribution < 1.29 is 0 Å². The molecule has 0 saturated heterocycles. The third-order valence-corrected chi connectivity index (χ3v) is 3.68. The minimum atomic E-state index is 0.0833. The topological polar surface area (TPSA) is 71.4 Å². The highest BCUT2D eigenvalue weighted by Crippen LogP contribution is 2.20. The van der Waals surface area contributed by atoms with E-state index in [0.717, 1.165) is 36.6 Å². The summed E-state index contributed by atoms with van der Waals surface area (Å²) in [7, 11) is 1.93. The molecular formula is C15H20N6. The van der Waals surface area contributed by atoms with Gasteiger partial charge in [-0.3, -0.25) is 5.10 Å². The van der Waals surface area contributed by atoms with Gasteiger partial charge in [0.2, 0.25) is 0 Å². The number of fused-ring (bicyclic) bond motifs is 1. The van der Waals surface area contributed by atoms with Crippen LogP contribution in [0, 0.1) is 0 Å². The minimum Gasteiger partial charge on any atom is -0.328 e. The van der Waals surface area contributed by atoms with Gasteiger partial charge in [-0.2, -0.15) is 5.10 Å². The SMILES string of the molecule is CCCn1c(CC(NC)c2ncn[nH]2)nc2ccccc21. The standard InChI is InChI=1S/C15H20N6/c1-3-8-21-13-7-5-4-6-11(13)19-14(21)9-12(16-2)15-17-10-18-20-15/h4-7,10,12,16H,3,8-9H2,1-2H3,(H,17,18,20). The van der Waals surface area contributed by atoms with E-state index in [1.807, 2.05) is 13.1 Å². The van der Waals surface area contributed by atoms with E-state index in [4.69, 9.17) is 4.98 Å². The third-order valence-electron chi connectivity index (χ3n) is 3.68. The summed E-state index contributed by atoms with van der Waals surface area (Å²) in [6.07, 6.45) is 3.40. The van der Waals surface area contributed by atoms with Crippen LogP contribution in [0.3, 0.4) is 0 Å². The minimum absolute atomic E-state index is 0.0833. The Morgan fingerprint density at radius 2 is 2.19 bits per heavy atom. The summed E-state index contributed by atoms with van der Waals surface area (Å²) in [6.45, 7) is 3.16. The molecule has 21 heavy (non-hydrogen) atoms. The fourth-order valence-electron chi connectivity index (χ4n) is 2.66. The third kappa shape index (κ3) is 2.67. The largest absolute Gasteiger partial charge is 0.328 e. The summed E-state index contributed by atoms with van der Waals surface area (Å²) in [5.41, 5.74) is 2.25. The van der Waals surface area contributed by atoms with Crippen molar-refractivity contribution in [2.24, 2.45) is 0 Å². The van der Waals surface area contributed by atoms with E-state index in [9.17, 15) is 0 Å². The number of nitrogens with one attached hydrogen (secondary N) is 2. The zero-order valence-corrected chi connectivity index (χ0v) is 12.4. The Morgan fingerprint density at radius 1 is 1.33 bits per heavy atom. The van der Waals surface area contributed by atoms with Crippen LogP contribution >= 0.6 is 0 Å². The second-order valence-corrected chi connectivity index (χ2v) is 5.08. The molecule has 0 radical (unpaired) electrons. The number of hydrogen-bond acceptors (Lipinski definition) is 4. The van der Waals surface area contributed by atoms with Gasteiger partial charge in [-0.05, 0) is 25.6 Å². The first-order valence-corrected chi connectivity index (χ1v) is 7.30. The number of H-pyrrole nitrogens is 1. The van der Waals surface area contributed by atoms with Crippen molar-refractivity contribution in [3.8, 4) is 0 Å². The molecule has 2 heterocycles. The molecule has 0 aliphatic carbocycles. The Kier molecular flexibility index (Phi) is 3.96. The Hall–Kier alpha value is -2.21. The molecule has 2 N–H and O–H groups in total. The number of likely N-dealkylation sites (N-methyl/N-ethyl adjacent to an activating group) is 1. The number of aryl methyl sites for hydroxylation is 1. The van der Waals surface area contributed by atoms with Crippen molar-refractivity contribution in [1.82, 2.24) is 30.0 Å². The summed E-state index contributed by atoms with van der Waals surface area (Å²) >= 11 is 0. The number of benzene rings is 1. The zero-order valence-electron chi connectivity index (χ0n) is 12.4. The molecule has 0 fully saturated rings. The van der Waals surface area contributed by atoms with Crippen LogP contribution in [-0.2, 0) is 13.0 Å². The molecule has 0 saturated carbocycles. The van der Waals surface area contributed by atoms with Crippen LogP contribution in [0.5, 0.6) is 0 Å². The Bertz CT molecular complexity index is 700. The average Bonchev–Trinajstić information content (AvgIpc) is 3.14. The predicted octanol–water partition coefficient (Wildman–Crippen LogP) is 2.07. The molecule has 0 spiro atoms. The van der Waals surface area contributed by atoms with E-state index in [1.165, 1.54) is 11.8 Å². The molecule has 3 rings (SSSR count). The van der Waals surface area contributed by atoms with Gasteiger partial charge in [0.15, 0.2) is 0 Å². The lowest BCUT2D eigenvalue weighted by molar-refractivity contribution is 0.525. The molecule has 0 bridgehead atoms. The fourth-order valence-corrected chi connectivity index (χ4v) is 2.66. The highest BCUT2D eigenvalue weighted by molar-refractivity contribution is 5.75. The Morgan fingerprint density at radius 3 is 2.90 bits per heavy atom. The number of hydrogen-bond donors (Lipinski definition) is 2. The van der Waals surface area contributed by atoms with Gasteiger partial charge in [0.25, 0.3) is 0 Å². The van der Waals surface area contributed by atoms with Gasteiger partial charge < -0.3 is 9.88 Å². The van der Waals surface area contributed by atoms with Crippen molar-refractivity contribution in [3.05, 3.63) is 42.2 Å². The first-order chi connectivity index (χ1) is 10.3. The molecular weight excluding hydrogens is 264 g/mol. The Balaban J connectivity index is 1.97. The molecule has 1 unspecified atom stereocenters. The first kappa shape index (κ1) is 13.8. The van der Waals surface area contributed by atoms with Crippen LogP contribution < -0.4 is 5.32 Å². The van der Waals surface area contributed by atoms with Crippen LogP contribution in [0.25, 0.3) is 11.0 Å². The van der Waals surface area contributed by atoms with E-state index in [1.54, 1.807) is 0 Å². The average molecular weight is 284 g/mol. The molecule has 6 heteroatoms. The van der Waals surface area contributed by atoms with Crippen molar-refractivity contribution in [1.29, 1.82) is 0 Å². The van der Waals surface area contributed by atoms with Crippen LogP contribution in [0.1, 0.15) is 31.0 Å². The van der Waals surface area contributed by atoms with Gasteiger partial charge in [0, 0.05) is 13.0 Å². The highest BCUT2D eigenvalue weighted by Gasteiger charge is 2.18. The first-order valence-electron chi connectivity index (χ1n) is 7.30. The van der Waals surface area contributed by atoms with Gasteiger partial charge >= 0.3 is 0 Å². The van der Waals surface area contributed by atoms with Crippen molar-refractivity contribution in [2.75, 3.05) is 7.05 Å². The van der Waals surface area contributed by atoms with Crippen molar-refractivity contribution in [3.63, 3.8) is 0 Å². The van der Waals surface area contributed by atoms with Gasteiger partial charge in [-0.25, -0.2) is 9.97 Å². The smallest absolute Gasteiger partial charge is 0.141 e. The maximum atomic E-state index is 4.79. The summed E-state index contributed by atoms with van der Waals surface area (Å²) in [6, 6.07) is 8.37. The molecule has 2 aromatic heterocycles. The lowest BCUT2D eigenvalue weighted by Crippen LogP contribution is -2.22. The number of aromatic amines is 1. The summed E-state index contributed by atoms with van der Waals surface area (Å²) in [4.78, 5) is 9.04. The molecule has 3 aromatic rings. The van der Waals surface area contributed by atoms with Crippen molar-refractivity contribution in [2.45, 2.75) is 32.4 Å². The number of nitrogens with zero attached hydrogens (tertiary/aromatic N) is 4. The van der Waals surface area contributed by atoms with Crippen molar-refractivity contribution >= 4 is 11.0 Å². The van der Waals surface area contributed by atoms with E-state index < -0.39 is 0 Å². The molecule has 0 aliphatic heterocycles. The van der Waals surface area contributed by atoms with E-state index >= 15 is 0 Å². The lowest BCUT2D eigenvalue weighted by atomic mass is 10.2. The van der Waals surface area contributed by atoms with Crippen LogP contribution in [0.15, 0.2) is 30.6 Å². The maximum Gasteiger partial charge on any atom is 0.141 e. The zero-order chi connectivity index (χ0) is 14.7. The van der Waals surface area contributed by atoms with Gasteiger partial charge in [-0.15, -0.1) is 0 Å². The van der Waals surface area contributed by atoms with E-state index in [-0.39, 0.29) is 6.04 Å². The Labute approximate surface area is 123 Å². The van der Waals surface area contributed by atoms with E-state index in [2.05, 4.69) is 50.2 Å². The quantitative estimate of drug-likeness (QED) is 0.727. The van der Waals surface area contributed by atoms with Gasteiger partial charge in [-0.1, -0.05) is 19.1 Å². The fraction of sp³-hybridized carbons (Fsp3) is 0.400. The number of rotatable bonds is 6. The second kappa shape index (κ2) is 6.05. The molecule has 1 aromatic carbocycles. The highest BCUT2D eigenvalue weighted by atomic mass is 15.2. The van der Waals surface area contributed by atoms with Gasteiger partial charge in [0.05, 0.1) is 17.1 Å². The molecule has 0 aliphatic rings. The van der Waals surface area contributed by atoms with Crippen LogP contribution in [-0.4, -0.2) is 31.8 Å². The van der Waals surface area contributed by atoms with Crippen LogP contribution in [0.4, 0.5) is 0 Å². The predicted molar refractivity (Wildman–Crippen MR) is 81.9 cm³/mol. The second-order valence-electron chi connectivity index (χ2n) is 5.08.